The molecule has 0 amide bonds. The molecule has 0 heterocycles. The van der Waals surface area contributed by atoms with Gasteiger partial charge in [0.1, 0.15) is 48.8 Å². The van der Waals surface area contributed by atoms with E-state index in [0.717, 1.165) is 24.9 Å². The fourth-order valence-corrected chi connectivity index (χ4v) is 31.3. The van der Waals surface area contributed by atoms with E-state index >= 15 is 0 Å². The van der Waals surface area contributed by atoms with Gasteiger partial charge < -0.3 is 105 Å². The molecule has 8 unspecified atom stereocenters. The fourth-order valence-electron chi connectivity index (χ4n) is 6.75. The molecule has 404 valence electrons. The minimum absolute atomic E-state index is 0.0313. The molecule has 0 saturated heterocycles. The molecule has 10 N–H and O–H groups in total. The van der Waals surface area contributed by atoms with Crippen LogP contribution in [-0.4, -0.2) is 261 Å². The van der Waals surface area contributed by atoms with Crippen LogP contribution >= 0.6 is 0 Å². The van der Waals surface area contributed by atoms with Crippen molar-refractivity contribution in [3.8, 4) is 0 Å². The van der Waals surface area contributed by atoms with Gasteiger partial charge in [-0.2, -0.15) is 0 Å². The number of hydrogen-bond acceptors (Lipinski definition) is 22. The van der Waals surface area contributed by atoms with Gasteiger partial charge in [0.05, 0.1) is 106 Å². The quantitative estimate of drug-likeness (QED) is 0.0268. The van der Waals surface area contributed by atoms with Gasteiger partial charge in [0, 0.05) is 13.2 Å². The van der Waals surface area contributed by atoms with Crippen molar-refractivity contribution in [1.82, 2.24) is 0 Å². The summed E-state index contributed by atoms with van der Waals surface area (Å²) in [6.45, 7) is 20.0. The van der Waals surface area contributed by atoms with Gasteiger partial charge in [-0.3, -0.25) is 0 Å². The molecule has 27 heteroatoms. The van der Waals surface area contributed by atoms with Crippen LogP contribution in [0.1, 0.15) is 12.8 Å². The van der Waals surface area contributed by atoms with Crippen molar-refractivity contribution in [2.75, 3.05) is 119 Å². The third-order valence-electron chi connectivity index (χ3n) is 8.93. The number of aliphatic hydroxyl groups excluding tert-OH is 10. The van der Waals surface area contributed by atoms with Crippen LogP contribution in [0.3, 0.4) is 0 Å². The van der Waals surface area contributed by atoms with Crippen LogP contribution in [0.15, 0.2) is 0 Å². The molecule has 0 aromatic heterocycles. The highest BCUT2D eigenvalue weighted by Gasteiger charge is 2.45. The average Bonchev–Trinajstić information content (AvgIpc) is 3.18. The molecule has 0 aliphatic carbocycles. The second-order valence-corrected chi connectivity index (χ2v) is 39.0. The molecule has 0 aromatic carbocycles. The Hall–Kier alpha value is 0.204. The minimum Gasteiger partial charge on any atom is -0.436 e. The Morgan fingerprint density at radius 2 is 0.478 bits per heavy atom. The van der Waals surface area contributed by atoms with Gasteiger partial charge in [-0.05, 0) is 90.4 Å². The molecule has 0 spiro atoms. The first-order valence-electron chi connectivity index (χ1n) is 23.2. The first-order chi connectivity index (χ1) is 31.1. The Kier molecular flexibility index (Phi) is 36.3. The Balaban J connectivity index is 4.36. The normalized spacial score (nSPS) is 17.0. The SMILES string of the molecule is C[Si](C)(CCCOCC(O)COCC(O)COCC(O)COCC(O)CO)O[Si](C)(C)O[Si](C)(C)O[Si](C)(C)O[Si](C)(C)CCCOCC(O)COCC(O)COCC(O)COCC(O)CO. The zero-order valence-electron chi connectivity index (χ0n) is 42.0. The molecule has 0 aliphatic heterocycles. The molecule has 0 aliphatic rings. The molecular weight excluding hydrogens is 973 g/mol. The van der Waals surface area contributed by atoms with Crippen LogP contribution in [0.25, 0.3) is 0 Å². The zero-order valence-corrected chi connectivity index (χ0v) is 47.0. The lowest BCUT2D eigenvalue weighted by Crippen LogP contribution is -2.58. The molecule has 8 atom stereocenters. The van der Waals surface area contributed by atoms with Crippen molar-refractivity contribution in [3.05, 3.63) is 0 Å². The summed E-state index contributed by atoms with van der Waals surface area (Å²) in [6.07, 6.45) is -6.14. The van der Waals surface area contributed by atoms with Crippen LogP contribution in [-0.2, 0) is 54.4 Å². The average molecular weight is 1070 g/mol. The van der Waals surface area contributed by atoms with E-state index in [1.165, 1.54) is 0 Å². The van der Waals surface area contributed by atoms with Crippen LogP contribution in [0.4, 0.5) is 0 Å². The van der Waals surface area contributed by atoms with E-state index in [0.29, 0.717) is 13.2 Å². The highest BCUT2D eigenvalue weighted by Crippen LogP contribution is 2.28. The van der Waals surface area contributed by atoms with Gasteiger partial charge in [-0.25, -0.2) is 0 Å². The standard InChI is InChI=1S/C40H92O22Si5/c1-63(2,15-11-13-51-21-35(45)23-55-29-39(49)31-57-27-37(47)25-53-19-33(43)17-41)59-65(5,6)61-67(9,10)62-66(7,8)60-64(3,4)16-12-14-52-22-36(46)24-56-30-40(50)32-58-28-38(48)26-54-20-34(44)18-42/h33-50H,11-32H2,1-10H3. The first-order valence-corrected chi connectivity index (χ1v) is 37.9. The molecule has 0 bridgehead atoms. The predicted octanol–water partition coefficient (Wildman–Crippen LogP) is -0.647. The van der Waals surface area contributed by atoms with Gasteiger partial charge in [0.15, 0.2) is 16.6 Å². The van der Waals surface area contributed by atoms with E-state index in [1.807, 2.05) is 39.3 Å². The number of aliphatic hydroxyl groups is 10. The van der Waals surface area contributed by atoms with E-state index in [2.05, 4.69) is 26.2 Å². The molecule has 0 saturated carbocycles. The van der Waals surface area contributed by atoms with Crippen LogP contribution < -0.4 is 0 Å². The Morgan fingerprint density at radius 1 is 0.284 bits per heavy atom. The molecule has 0 rings (SSSR count). The maximum absolute atomic E-state index is 10.3. The summed E-state index contributed by atoms with van der Waals surface area (Å²) in [7, 11) is -12.2. The number of rotatable bonds is 46. The summed E-state index contributed by atoms with van der Waals surface area (Å²) in [6, 6.07) is 1.65. The van der Waals surface area contributed by atoms with E-state index < -0.39 is 104 Å². The highest BCUT2D eigenvalue weighted by atomic mass is 28.5. The van der Waals surface area contributed by atoms with Gasteiger partial charge in [0.25, 0.3) is 0 Å². The fraction of sp³-hybridized carbons (Fsp3) is 1.00. The van der Waals surface area contributed by atoms with E-state index in [1.54, 1.807) is 0 Å². The van der Waals surface area contributed by atoms with Crippen LogP contribution in [0.5, 0.6) is 0 Å². The van der Waals surface area contributed by atoms with Gasteiger partial charge in [0.2, 0.25) is 0 Å². The number of ether oxygens (including phenoxy) is 8. The van der Waals surface area contributed by atoms with Gasteiger partial charge in [-0.15, -0.1) is 0 Å². The molecule has 22 nitrogen and oxygen atoms in total. The van der Waals surface area contributed by atoms with E-state index in [9.17, 15) is 40.9 Å². The van der Waals surface area contributed by atoms with Crippen LogP contribution in [0.2, 0.25) is 77.6 Å². The lowest BCUT2D eigenvalue weighted by Gasteiger charge is -2.42. The second-order valence-electron chi connectivity index (χ2n) is 19.3. The Labute approximate surface area is 404 Å². The van der Waals surface area contributed by atoms with E-state index in [4.69, 9.17) is 64.6 Å². The lowest BCUT2D eigenvalue weighted by atomic mass is 10.3. The van der Waals surface area contributed by atoms with Crippen molar-refractivity contribution in [3.63, 3.8) is 0 Å². The smallest absolute Gasteiger partial charge is 0.314 e. The van der Waals surface area contributed by atoms with Crippen molar-refractivity contribution in [2.45, 2.75) is 139 Å². The summed E-state index contributed by atoms with van der Waals surface area (Å²) in [5, 5.41) is 96.2. The van der Waals surface area contributed by atoms with Crippen molar-refractivity contribution < 1.29 is 105 Å². The largest absolute Gasteiger partial charge is 0.436 e. The minimum atomic E-state index is -2.68. The summed E-state index contributed by atoms with van der Waals surface area (Å²) in [5.74, 6) is 0. The maximum atomic E-state index is 10.3. The lowest BCUT2D eigenvalue weighted by molar-refractivity contribution is -0.0767. The van der Waals surface area contributed by atoms with Crippen molar-refractivity contribution >= 4 is 42.3 Å². The third kappa shape index (κ3) is 40.4. The second kappa shape index (κ2) is 36.2. The summed E-state index contributed by atoms with van der Waals surface area (Å²) < 4.78 is 69.6. The Morgan fingerprint density at radius 3 is 0.701 bits per heavy atom. The molecule has 0 fully saturated rings. The van der Waals surface area contributed by atoms with Gasteiger partial charge in [-0.1, -0.05) is 0 Å². The van der Waals surface area contributed by atoms with Crippen molar-refractivity contribution in [2.24, 2.45) is 0 Å². The molecular formula is C40H92O22Si5. The summed E-state index contributed by atoms with van der Waals surface area (Å²) in [5.41, 5.74) is 0. The van der Waals surface area contributed by atoms with Crippen molar-refractivity contribution in [1.29, 1.82) is 0 Å². The topological polar surface area (TPSA) is 313 Å². The zero-order chi connectivity index (χ0) is 51.2. The third-order valence-corrected chi connectivity index (χ3v) is 28.3. The monoisotopic (exact) mass is 1060 g/mol. The first kappa shape index (κ1) is 67.2. The van der Waals surface area contributed by atoms with E-state index in [-0.39, 0.29) is 92.5 Å². The van der Waals surface area contributed by atoms with Gasteiger partial charge >= 0.3 is 25.7 Å². The number of hydrogen-bond donors (Lipinski definition) is 10. The molecule has 67 heavy (non-hydrogen) atoms. The Bertz CT molecular complexity index is 1110. The summed E-state index contributed by atoms with van der Waals surface area (Å²) in [4.78, 5) is 0. The molecule has 0 aromatic rings. The maximum Gasteiger partial charge on any atom is 0.314 e. The highest BCUT2D eigenvalue weighted by molar-refractivity contribution is 6.90. The molecule has 0 radical (unpaired) electrons. The van der Waals surface area contributed by atoms with Crippen LogP contribution in [0, 0.1) is 0 Å². The summed E-state index contributed by atoms with van der Waals surface area (Å²) >= 11 is 0. The predicted molar refractivity (Wildman–Crippen MR) is 259 cm³/mol.